The Kier molecular flexibility index (Phi) is 10.4. The van der Waals surface area contributed by atoms with Crippen LogP contribution in [0.2, 0.25) is 0 Å². The van der Waals surface area contributed by atoms with E-state index < -0.39 is 0 Å². The topological polar surface area (TPSA) is 43.2 Å². The zero-order valence-corrected chi connectivity index (χ0v) is 20.0. The van der Waals surface area contributed by atoms with E-state index in [9.17, 15) is 0 Å². The number of hydrogen-bond acceptors (Lipinski definition) is 4. The fraction of sp³-hybridized carbons (Fsp3) is 0.882. The molecule has 0 saturated carbocycles. The molecule has 0 aromatic heterocycles. The van der Waals surface area contributed by atoms with Crippen LogP contribution in [0, 0.1) is 11.8 Å². The van der Waals surface area contributed by atoms with Crippen molar-refractivity contribution in [3.63, 3.8) is 0 Å². The normalized spacial score (nSPS) is 26.4. The Morgan fingerprint density at radius 2 is 1.08 bits per heavy atom. The van der Waals surface area contributed by atoms with Gasteiger partial charge in [0.15, 0.2) is 11.8 Å². The van der Waals surface area contributed by atoms with E-state index in [1.165, 1.54) is 0 Å². The van der Waals surface area contributed by atoms with E-state index in [1.807, 2.05) is 0 Å². The van der Waals surface area contributed by atoms with Crippen molar-refractivity contribution < 1.29 is 59.9 Å². The van der Waals surface area contributed by atoms with E-state index in [0.717, 1.165) is 11.8 Å². The van der Waals surface area contributed by atoms with Gasteiger partial charge in [-0.05, 0) is 39.5 Å². The molecule has 0 radical (unpaired) electrons. The van der Waals surface area contributed by atoms with Crippen LogP contribution in [-0.2, 0) is 26.0 Å². The number of ether oxygens (including phenoxy) is 2. The Balaban J connectivity index is 0. The minimum Gasteiger partial charge on any atom is -1.00 e. The molecule has 24 heavy (non-hydrogen) atoms. The molecule has 2 rings (SSSR count). The Bertz CT molecular complexity index is 435. The summed E-state index contributed by atoms with van der Waals surface area (Å²) in [6.07, 6.45) is 0.569. The molecule has 7 heteroatoms. The van der Waals surface area contributed by atoms with E-state index in [2.05, 4.69) is 55.4 Å². The van der Waals surface area contributed by atoms with Crippen molar-refractivity contribution in [2.75, 3.05) is 0 Å². The van der Waals surface area contributed by atoms with Crippen LogP contribution in [0.4, 0.5) is 0 Å². The van der Waals surface area contributed by atoms with Gasteiger partial charge in [0.1, 0.15) is 11.2 Å². The van der Waals surface area contributed by atoms with Gasteiger partial charge in [0.05, 0.1) is 18.5 Å². The van der Waals surface area contributed by atoms with Gasteiger partial charge in [0.2, 0.25) is 0 Å². The first-order valence-electron chi connectivity index (χ1n) is 8.04. The minimum absolute atomic E-state index is 0. The summed E-state index contributed by atoms with van der Waals surface area (Å²) in [5.41, 5.74) is -0.481. The molecule has 0 aliphatic carbocycles. The average molecular weight is 513 g/mol. The van der Waals surface area contributed by atoms with Gasteiger partial charge in [0, 0.05) is 0 Å². The van der Waals surface area contributed by atoms with Gasteiger partial charge in [-0.2, -0.15) is 0 Å². The van der Waals surface area contributed by atoms with Crippen molar-refractivity contribution in [1.82, 2.24) is 0 Å². The van der Waals surface area contributed by atoms with Gasteiger partial charge in [-0.15, -0.1) is 0 Å². The van der Waals surface area contributed by atoms with Crippen molar-refractivity contribution in [1.29, 1.82) is 0 Å². The average Bonchev–Trinajstić information content (AvgIpc) is 2.75. The summed E-state index contributed by atoms with van der Waals surface area (Å²) in [6.45, 7) is 17.2. The van der Waals surface area contributed by atoms with Crippen LogP contribution in [0.1, 0.15) is 61.8 Å². The summed E-state index contributed by atoms with van der Waals surface area (Å²) in [4.78, 5) is 9.51. The third kappa shape index (κ3) is 5.70. The summed E-state index contributed by atoms with van der Waals surface area (Å²) in [7, 11) is 0. The van der Waals surface area contributed by atoms with Crippen LogP contribution in [0.25, 0.3) is 0 Å². The molecule has 0 fully saturated rings. The van der Waals surface area contributed by atoms with Gasteiger partial charge < -0.3 is 43.4 Å². The van der Waals surface area contributed by atoms with Crippen molar-refractivity contribution in [3.05, 3.63) is 0 Å². The molecule has 0 amide bonds. The fourth-order valence-electron chi connectivity index (χ4n) is 3.60. The predicted octanol–water partition coefficient (Wildman–Crippen LogP) is -2.15. The molecule has 144 valence electrons. The van der Waals surface area contributed by atoms with Crippen LogP contribution < -0.4 is 34.0 Å². The van der Waals surface area contributed by atoms with Crippen molar-refractivity contribution in [2.24, 2.45) is 21.8 Å². The molecular formula is C17H30Br2N2NiO2. The minimum atomic E-state index is -0.240. The van der Waals surface area contributed by atoms with E-state index in [4.69, 9.17) is 19.5 Å². The third-order valence-corrected chi connectivity index (χ3v) is 4.32. The summed E-state index contributed by atoms with van der Waals surface area (Å²) in [5, 5.41) is 0. The van der Waals surface area contributed by atoms with E-state index in [0.29, 0.717) is 18.3 Å². The third-order valence-electron chi connectivity index (χ3n) is 4.32. The predicted molar refractivity (Wildman–Crippen MR) is 87.1 cm³/mol. The second kappa shape index (κ2) is 9.36. The Morgan fingerprint density at radius 3 is 1.29 bits per heavy atom. The Labute approximate surface area is 178 Å². The molecule has 0 N–H and O–H groups in total. The van der Waals surface area contributed by atoms with E-state index >= 15 is 0 Å². The van der Waals surface area contributed by atoms with Crippen molar-refractivity contribution in [2.45, 2.75) is 85.1 Å². The summed E-state index contributed by atoms with van der Waals surface area (Å²) in [6, 6.07) is 0.395. The maximum absolute atomic E-state index is 6.04. The Hall–Kier alpha value is 0.394. The molecule has 0 aromatic carbocycles. The monoisotopic (exact) mass is 510 g/mol. The molecule has 4 nitrogen and oxygen atoms in total. The summed E-state index contributed by atoms with van der Waals surface area (Å²) < 4.78 is 12.1. The van der Waals surface area contributed by atoms with Gasteiger partial charge in [-0.25, -0.2) is 9.98 Å². The zero-order valence-electron chi connectivity index (χ0n) is 15.8. The molecule has 2 aliphatic rings. The molecule has 2 atom stereocenters. The van der Waals surface area contributed by atoms with Crippen LogP contribution in [0.5, 0.6) is 0 Å². The van der Waals surface area contributed by atoms with E-state index in [1.54, 1.807) is 0 Å². The van der Waals surface area contributed by atoms with Crippen LogP contribution >= 0.6 is 0 Å². The number of rotatable bonds is 4. The molecule has 0 bridgehead atoms. The van der Waals surface area contributed by atoms with Gasteiger partial charge in [0.25, 0.3) is 0 Å². The smallest absolute Gasteiger partial charge is 1.00 e. The van der Waals surface area contributed by atoms with Crippen LogP contribution in [0.3, 0.4) is 0 Å². The molecule has 0 aromatic rings. The zero-order chi connectivity index (χ0) is 16.0. The molecular weight excluding hydrogens is 483 g/mol. The van der Waals surface area contributed by atoms with Crippen molar-refractivity contribution >= 4 is 11.8 Å². The molecule has 2 heterocycles. The molecule has 0 unspecified atom stereocenters. The first kappa shape index (κ1) is 26.6. The maximum Gasteiger partial charge on any atom is 2.00 e. The first-order chi connectivity index (χ1) is 9.53. The quantitative estimate of drug-likeness (QED) is 0.403. The molecule has 0 saturated heterocycles. The second-order valence-electron chi connectivity index (χ2n) is 8.01. The molecule has 0 spiro atoms. The maximum atomic E-state index is 6.04. The van der Waals surface area contributed by atoms with Gasteiger partial charge in [-0.1, -0.05) is 27.7 Å². The van der Waals surface area contributed by atoms with E-state index in [-0.39, 0.29) is 73.7 Å². The SMILES string of the molecule is CC(C)[C@H]1N=C(CC2=N[C@H](C(C)C)C(C)(C)O2)OC1(C)C.[Br-].[Br-].[Ni+2]. The van der Waals surface area contributed by atoms with Crippen LogP contribution in [0.15, 0.2) is 9.98 Å². The van der Waals surface area contributed by atoms with Gasteiger partial charge in [-0.3, -0.25) is 0 Å². The van der Waals surface area contributed by atoms with Gasteiger partial charge >= 0.3 is 16.5 Å². The Morgan fingerprint density at radius 1 is 0.792 bits per heavy atom. The fourth-order valence-corrected chi connectivity index (χ4v) is 3.60. The number of hydrogen-bond donors (Lipinski definition) is 0. The number of nitrogens with zero attached hydrogens (tertiary/aromatic N) is 2. The number of halogens is 2. The van der Waals surface area contributed by atoms with Crippen LogP contribution in [-0.4, -0.2) is 35.1 Å². The summed E-state index contributed by atoms with van der Waals surface area (Å²) in [5.74, 6) is 2.45. The second-order valence-corrected chi connectivity index (χ2v) is 8.01. The standard InChI is InChI=1S/C17H30N2O2.2BrH.Ni/c1-10(2)14-16(5,6)20-12(18-14)9-13-19-15(11(3)4)17(7,8)21-13;;;/h10-11,14-15H,9H2,1-8H3;2*1H;/q;;;+2/p-2/t14-,15-;;;/m1.../s1. The first-order valence-corrected chi connectivity index (χ1v) is 8.04. The molecule has 2 aliphatic heterocycles. The largest absolute Gasteiger partial charge is 2.00 e. The summed E-state index contributed by atoms with van der Waals surface area (Å²) >= 11 is 0. The van der Waals surface area contributed by atoms with Crippen molar-refractivity contribution in [3.8, 4) is 0 Å². The number of aliphatic imine (C=N–C) groups is 2.